The highest BCUT2D eigenvalue weighted by Gasteiger charge is 2.34. The van der Waals surface area contributed by atoms with Crippen LogP contribution in [0.5, 0.6) is 23.0 Å². The third kappa shape index (κ3) is 6.20. The van der Waals surface area contributed by atoms with Gasteiger partial charge in [0.1, 0.15) is 5.75 Å². The van der Waals surface area contributed by atoms with Gasteiger partial charge >= 0.3 is 0 Å². The summed E-state index contributed by atoms with van der Waals surface area (Å²) in [7, 11) is 1.56. The van der Waals surface area contributed by atoms with E-state index in [-0.39, 0.29) is 17.5 Å². The first kappa shape index (κ1) is 24.9. The number of nitrogens with one attached hydrogen (secondary N) is 1. The zero-order valence-electron chi connectivity index (χ0n) is 19.3. The minimum atomic E-state index is -3.10. The van der Waals surface area contributed by atoms with Crippen molar-refractivity contribution in [1.82, 2.24) is 4.90 Å². The topological polar surface area (TPSA) is 86.3 Å². The Morgan fingerprint density at radius 2 is 1.73 bits per heavy atom. The summed E-state index contributed by atoms with van der Waals surface area (Å²) in [6, 6.07) is 10.9. The molecule has 0 aliphatic carbocycles. The van der Waals surface area contributed by atoms with Gasteiger partial charge in [-0.25, -0.2) is 8.42 Å². The van der Waals surface area contributed by atoms with Crippen LogP contribution in [-0.2, 0) is 16.4 Å². The van der Waals surface area contributed by atoms with Gasteiger partial charge in [-0.15, -0.1) is 0 Å². The normalized spacial score (nSPS) is 16.7. The van der Waals surface area contributed by atoms with Crippen LogP contribution in [0.25, 0.3) is 0 Å². The highest BCUT2D eigenvalue weighted by molar-refractivity contribution is 7.91. The minimum Gasteiger partial charge on any atom is -0.494 e. The molecule has 8 nitrogen and oxygen atoms in total. The zero-order valence-corrected chi connectivity index (χ0v) is 20.9. The zero-order chi connectivity index (χ0) is 24.0. The molecule has 0 saturated carbocycles. The maximum atomic E-state index is 12.2. The van der Waals surface area contributed by atoms with Crippen molar-refractivity contribution in [3.63, 3.8) is 0 Å². The van der Waals surface area contributed by atoms with E-state index in [1.807, 2.05) is 48.2 Å². The number of hydrogen-bond acceptors (Lipinski definition) is 7. The van der Waals surface area contributed by atoms with Crippen molar-refractivity contribution in [2.75, 3.05) is 44.8 Å². The summed E-state index contributed by atoms with van der Waals surface area (Å²) in [5.74, 6) is 2.52. The lowest BCUT2D eigenvalue weighted by Crippen LogP contribution is -2.43. The first-order chi connectivity index (χ1) is 15.8. The maximum Gasteiger partial charge on any atom is 0.203 e. The predicted octanol–water partition coefficient (Wildman–Crippen LogP) is 3.50. The Morgan fingerprint density at radius 1 is 1.09 bits per heavy atom. The number of sulfone groups is 1. The number of rotatable bonds is 9. The number of hydrogen-bond donors (Lipinski definition) is 1. The molecule has 3 rings (SSSR count). The van der Waals surface area contributed by atoms with Crippen LogP contribution in [0.3, 0.4) is 0 Å². The summed E-state index contributed by atoms with van der Waals surface area (Å²) in [5, 5.41) is 3.68. The Balaban J connectivity index is 1.88. The van der Waals surface area contributed by atoms with Crippen LogP contribution in [0.1, 0.15) is 18.9 Å². The molecular weight excluding hydrogens is 464 g/mol. The SMILES string of the molecule is CCOc1ccc(NC(=S)N(Cc2cc(OC)c(OC)c(OC)c2)C2CCS(=O)(=O)C2)cc1. The lowest BCUT2D eigenvalue weighted by molar-refractivity contribution is 0.315. The standard InChI is InChI=1S/C23H30N2O6S2/c1-5-31-19-8-6-17(7-9-19)24-23(32)25(18-10-11-33(26,27)15-18)14-16-12-20(28-2)22(30-4)21(13-16)29-3/h6-9,12-13,18H,5,10-11,14-15H2,1-4H3,(H,24,32). The number of nitrogens with zero attached hydrogens (tertiary/aromatic N) is 1. The number of thiocarbonyl (C=S) groups is 1. The summed E-state index contributed by atoms with van der Waals surface area (Å²) in [5.41, 5.74) is 1.64. The van der Waals surface area contributed by atoms with Crippen LogP contribution >= 0.6 is 12.2 Å². The van der Waals surface area contributed by atoms with Crippen molar-refractivity contribution in [2.45, 2.75) is 25.9 Å². The molecule has 1 saturated heterocycles. The third-order valence-electron chi connectivity index (χ3n) is 5.40. The molecule has 10 heteroatoms. The van der Waals surface area contributed by atoms with Gasteiger partial charge in [-0.05, 0) is 67.5 Å². The Hall–Kier alpha value is -2.72. The van der Waals surface area contributed by atoms with Crippen LogP contribution < -0.4 is 24.3 Å². The first-order valence-electron chi connectivity index (χ1n) is 10.6. The summed E-state index contributed by atoms with van der Waals surface area (Å²) < 4.78 is 46.2. The number of methoxy groups -OCH3 is 3. The van der Waals surface area contributed by atoms with E-state index in [4.69, 9.17) is 31.2 Å². The summed E-state index contributed by atoms with van der Waals surface area (Å²) in [4.78, 5) is 1.91. The van der Waals surface area contributed by atoms with E-state index in [9.17, 15) is 8.42 Å². The Morgan fingerprint density at radius 3 is 2.21 bits per heavy atom. The van der Waals surface area contributed by atoms with E-state index in [0.29, 0.717) is 41.9 Å². The molecule has 33 heavy (non-hydrogen) atoms. The second-order valence-corrected chi connectivity index (χ2v) is 10.2. The van der Waals surface area contributed by atoms with Crippen molar-refractivity contribution < 1.29 is 27.4 Å². The van der Waals surface area contributed by atoms with Gasteiger partial charge in [0.05, 0.1) is 39.4 Å². The molecule has 1 heterocycles. The summed E-state index contributed by atoms with van der Waals surface area (Å²) in [6.07, 6.45) is 0.512. The molecular formula is C23H30N2O6S2. The van der Waals surface area contributed by atoms with Gasteiger partial charge in [0, 0.05) is 18.3 Å². The van der Waals surface area contributed by atoms with Crippen LogP contribution in [0.4, 0.5) is 5.69 Å². The number of benzene rings is 2. The molecule has 1 unspecified atom stereocenters. The van der Waals surface area contributed by atoms with Crippen LogP contribution in [0.2, 0.25) is 0 Å². The molecule has 1 N–H and O–H groups in total. The molecule has 180 valence electrons. The molecule has 0 radical (unpaired) electrons. The fraction of sp³-hybridized carbons (Fsp3) is 0.435. The molecule has 0 bridgehead atoms. The van der Waals surface area contributed by atoms with Gasteiger partial charge in [0.2, 0.25) is 5.75 Å². The lowest BCUT2D eigenvalue weighted by atomic mass is 10.1. The Labute approximate surface area is 200 Å². The molecule has 0 spiro atoms. The smallest absolute Gasteiger partial charge is 0.203 e. The van der Waals surface area contributed by atoms with E-state index in [0.717, 1.165) is 17.0 Å². The highest BCUT2D eigenvalue weighted by Crippen LogP contribution is 2.39. The summed E-state index contributed by atoms with van der Waals surface area (Å²) >= 11 is 5.72. The molecule has 2 aromatic rings. The van der Waals surface area contributed by atoms with Crippen LogP contribution in [0, 0.1) is 0 Å². The predicted molar refractivity (Wildman–Crippen MR) is 133 cm³/mol. The Bertz CT molecular complexity index is 1050. The van der Waals surface area contributed by atoms with Gasteiger partial charge in [-0.3, -0.25) is 0 Å². The second-order valence-electron chi connectivity index (χ2n) is 7.61. The molecule has 0 aromatic heterocycles. The quantitative estimate of drug-likeness (QED) is 0.526. The van der Waals surface area contributed by atoms with E-state index >= 15 is 0 Å². The first-order valence-corrected chi connectivity index (χ1v) is 12.8. The highest BCUT2D eigenvalue weighted by atomic mass is 32.2. The molecule has 2 aromatic carbocycles. The lowest BCUT2D eigenvalue weighted by Gasteiger charge is -2.31. The molecule has 0 amide bonds. The molecule has 1 atom stereocenters. The van der Waals surface area contributed by atoms with Crippen molar-refractivity contribution >= 4 is 32.9 Å². The van der Waals surface area contributed by atoms with Gasteiger partial charge in [0.15, 0.2) is 26.4 Å². The average Bonchev–Trinajstić information content (AvgIpc) is 3.17. The third-order valence-corrected chi connectivity index (χ3v) is 7.49. The minimum absolute atomic E-state index is 0.0581. The fourth-order valence-electron chi connectivity index (χ4n) is 3.81. The molecule has 1 aliphatic rings. The van der Waals surface area contributed by atoms with Gasteiger partial charge < -0.3 is 29.2 Å². The molecule has 1 fully saturated rings. The van der Waals surface area contributed by atoms with E-state index in [1.165, 1.54) is 0 Å². The number of anilines is 1. The molecule has 1 aliphatic heterocycles. The van der Waals surface area contributed by atoms with Crippen molar-refractivity contribution in [3.8, 4) is 23.0 Å². The second kappa shape index (κ2) is 10.9. The number of ether oxygens (including phenoxy) is 4. The van der Waals surface area contributed by atoms with Crippen LogP contribution in [-0.4, -0.2) is 63.9 Å². The monoisotopic (exact) mass is 494 g/mol. The van der Waals surface area contributed by atoms with Gasteiger partial charge in [-0.2, -0.15) is 0 Å². The van der Waals surface area contributed by atoms with Gasteiger partial charge in [0.25, 0.3) is 0 Å². The summed E-state index contributed by atoms with van der Waals surface area (Å²) in [6.45, 7) is 2.89. The van der Waals surface area contributed by atoms with Crippen LogP contribution in [0.15, 0.2) is 36.4 Å². The average molecular weight is 495 g/mol. The van der Waals surface area contributed by atoms with Gasteiger partial charge in [-0.1, -0.05) is 0 Å². The van der Waals surface area contributed by atoms with Crippen molar-refractivity contribution in [3.05, 3.63) is 42.0 Å². The Kier molecular flexibility index (Phi) is 8.25. The van der Waals surface area contributed by atoms with Crippen molar-refractivity contribution in [1.29, 1.82) is 0 Å². The van der Waals surface area contributed by atoms with E-state index < -0.39 is 9.84 Å². The van der Waals surface area contributed by atoms with E-state index in [2.05, 4.69) is 5.32 Å². The fourth-order valence-corrected chi connectivity index (χ4v) is 5.87. The largest absolute Gasteiger partial charge is 0.494 e. The van der Waals surface area contributed by atoms with Crippen molar-refractivity contribution in [2.24, 2.45) is 0 Å². The van der Waals surface area contributed by atoms with E-state index in [1.54, 1.807) is 21.3 Å². The maximum absolute atomic E-state index is 12.2.